The molecule has 1 aliphatic rings. The van der Waals surface area contributed by atoms with Crippen LogP contribution in [0.5, 0.6) is 5.75 Å². The van der Waals surface area contributed by atoms with Gasteiger partial charge in [-0.1, -0.05) is 37.6 Å². The molecule has 2 rings (SSSR count). The summed E-state index contributed by atoms with van der Waals surface area (Å²) in [6.07, 6.45) is 1.01. The minimum atomic E-state index is 0.0865. The number of nitrogens with two attached hydrogens (primary N) is 1. The lowest BCUT2D eigenvalue weighted by molar-refractivity contribution is 0.195. The van der Waals surface area contributed by atoms with E-state index in [1.54, 1.807) is 0 Å². The molecule has 0 aliphatic carbocycles. The predicted molar refractivity (Wildman–Crippen MR) is 67.1 cm³/mol. The fourth-order valence-electron chi connectivity index (χ4n) is 2.34. The zero-order valence-corrected chi connectivity index (χ0v) is 10.6. The van der Waals surface area contributed by atoms with Crippen molar-refractivity contribution < 1.29 is 4.74 Å². The summed E-state index contributed by atoms with van der Waals surface area (Å²) in [5.41, 5.74) is 7.15. The van der Waals surface area contributed by atoms with Crippen molar-refractivity contribution in [3.63, 3.8) is 0 Å². The van der Waals surface area contributed by atoms with Crippen molar-refractivity contribution in [2.45, 2.75) is 26.2 Å². The van der Waals surface area contributed by atoms with Gasteiger partial charge >= 0.3 is 0 Å². The maximum atomic E-state index is 6.14. The monoisotopic (exact) mass is 239 g/mol. The maximum absolute atomic E-state index is 6.14. The number of rotatable bonds is 2. The normalized spacial score (nSPS) is 20.1. The van der Waals surface area contributed by atoms with Gasteiger partial charge in [0.2, 0.25) is 0 Å². The third-order valence-electron chi connectivity index (χ3n) is 3.50. The molecule has 1 atom stereocenters. The summed E-state index contributed by atoms with van der Waals surface area (Å²) in [6, 6.07) is 5.95. The molecule has 88 valence electrons. The molecular weight excluding hydrogens is 222 g/mol. The highest BCUT2D eigenvalue weighted by Gasteiger charge is 2.34. The lowest BCUT2D eigenvalue weighted by Gasteiger charge is -2.37. The maximum Gasteiger partial charge on any atom is 0.141 e. The topological polar surface area (TPSA) is 35.2 Å². The van der Waals surface area contributed by atoms with E-state index in [0.717, 1.165) is 18.8 Å². The predicted octanol–water partition coefficient (Wildman–Crippen LogP) is 3.19. The Morgan fingerprint density at radius 1 is 1.50 bits per heavy atom. The largest absolute Gasteiger partial charge is 0.492 e. The lowest BCUT2D eigenvalue weighted by atomic mass is 9.72. The Labute approximate surface area is 102 Å². The van der Waals surface area contributed by atoms with Gasteiger partial charge in [-0.3, -0.25) is 0 Å². The third kappa shape index (κ3) is 1.92. The summed E-state index contributed by atoms with van der Waals surface area (Å²) in [5, 5.41) is 0.704. The average molecular weight is 240 g/mol. The van der Waals surface area contributed by atoms with E-state index in [4.69, 9.17) is 22.1 Å². The fraction of sp³-hybridized carbons (Fsp3) is 0.538. The Balaban J connectivity index is 2.45. The SMILES string of the molecule is CC(C)(CN)C1CCOc2c(Cl)cccc21. The molecule has 0 amide bonds. The Hall–Kier alpha value is -0.730. The van der Waals surface area contributed by atoms with Crippen molar-refractivity contribution in [3.05, 3.63) is 28.8 Å². The lowest BCUT2D eigenvalue weighted by Crippen LogP contribution is -2.34. The van der Waals surface area contributed by atoms with Gasteiger partial charge in [-0.05, 0) is 35.9 Å². The van der Waals surface area contributed by atoms with Crippen molar-refractivity contribution >= 4 is 11.6 Å². The number of halogens is 1. The van der Waals surface area contributed by atoms with Gasteiger partial charge in [0.1, 0.15) is 5.75 Å². The molecule has 3 heteroatoms. The fourth-order valence-corrected chi connectivity index (χ4v) is 2.58. The van der Waals surface area contributed by atoms with E-state index in [9.17, 15) is 0 Å². The second kappa shape index (κ2) is 4.27. The molecule has 1 aliphatic heterocycles. The minimum Gasteiger partial charge on any atom is -0.492 e. The Morgan fingerprint density at radius 2 is 2.25 bits per heavy atom. The van der Waals surface area contributed by atoms with Crippen LogP contribution in [-0.2, 0) is 0 Å². The molecule has 1 aromatic carbocycles. The summed E-state index contributed by atoms with van der Waals surface area (Å²) in [4.78, 5) is 0. The van der Waals surface area contributed by atoms with Gasteiger partial charge in [0.05, 0.1) is 11.6 Å². The molecule has 1 heterocycles. The van der Waals surface area contributed by atoms with E-state index in [-0.39, 0.29) is 5.41 Å². The van der Waals surface area contributed by atoms with Gasteiger partial charge in [-0.15, -0.1) is 0 Å². The zero-order chi connectivity index (χ0) is 11.8. The van der Waals surface area contributed by atoms with E-state index in [2.05, 4.69) is 19.9 Å². The molecule has 0 aromatic heterocycles. The summed E-state index contributed by atoms with van der Waals surface area (Å²) in [7, 11) is 0. The van der Waals surface area contributed by atoms with Crippen LogP contribution in [0.4, 0.5) is 0 Å². The zero-order valence-electron chi connectivity index (χ0n) is 9.79. The van der Waals surface area contributed by atoms with E-state index in [1.165, 1.54) is 5.56 Å². The Morgan fingerprint density at radius 3 is 2.94 bits per heavy atom. The first kappa shape index (κ1) is 11.7. The highest BCUT2D eigenvalue weighted by Crippen LogP contribution is 2.46. The van der Waals surface area contributed by atoms with Gasteiger partial charge in [-0.25, -0.2) is 0 Å². The van der Waals surface area contributed by atoms with Crippen molar-refractivity contribution in [2.75, 3.05) is 13.2 Å². The Bertz CT molecular complexity index is 390. The van der Waals surface area contributed by atoms with E-state index >= 15 is 0 Å². The van der Waals surface area contributed by atoms with Crippen LogP contribution in [0.25, 0.3) is 0 Å². The number of benzene rings is 1. The number of ether oxygens (including phenoxy) is 1. The molecule has 2 N–H and O–H groups in total. The number of fused-ring (bicyclic) bond motifs is 1. The van der Waals surface area contributed by atoms with Crippen LogP contribution in [-0.4, -0.2) is 13.2 Å². The second-order valence-corrected chi connectivity index (χ2v) is 5.45. The minimum absolute atomic E-state index is 0.0865. The molecule has 1 aromatic rings. The molecule has 0 radical (unpaired) electrons. The van der Waals surface area contributed by atoms with Crippen molar-refractivity contribution in [1.29, 1.82) is 0 Å². The van der Waals surface area contributed by atoms with Crippen LogP contribution in [0.15, 0.2) is 18.2 Å². The van der Waals surface area contributed by atoms with Gasteiger partial charge < -0.3 is 10.5 Å². The quantitative estimate of drug-likeness (QED) is 0.860. The average Bonchev–Trinajstić information content (AvgIpc) is 2.29. The van der Waals surface area contributed by atoms with Gasteiger partial charge in [-0.2, -0.15) is 0 Å². The van der Waals surface area contributed by atoms with E-state index < -0.39 is 0 Å². The highest BCUT2D eigenvalue weighted by molar-refractivity contribution is 6.32. The molecule has 0 fully saturated rings. The van der Waals surface area contributed by atoms with Crippen LogP contribution < -0.4 is 10.5 Å². The van der Waals surface area contributed by atoms with Crippen LogP contribution in [0.2, 0.25) is 5.02 Å². The molecular formula is C13H18ClNO. The van der Waals surface area contributed by atoms with Gasteiger partial charge in [0, 0.05) is 0 Å². The molecule has 16 heavy (non-hydrogen) atoms. The van der Waals surface area contributed by atoms with Crippen molar-refractivity contribution in [3.8, 4) is 5.75 Å². The van der Waals surface area contributed by atoms with Crippen LogP contribution >= 0.6 is 11.6 Å². The van der Waals surface area contributed by atoms with E-state index in [1.807, 2.05) is 12.1 Å². The van der Waals surface area contributed by atoms with E-state index in [0.29, 0.717) is 17.5 Å². The van der Waals surface area contributed by atoms with Crippen molar-refractivity contribution in [2.24, 2.45) is 11.1 Å². The summed E-state index contributed by atoms with van der Waals surface area (Å²) < 4.78 is 5.65. The number of hydrogen-bond acceptors (Lipinski definition) is 2. The third-order valence-corrected chi connectivity index (χ3v) is 3.79. The number of para-hydroxylation sites is 1. The van der Waals surface area contributed by atoms with Crippen LogP contribution in [0.1, 0.15) is 31.7 Å². The highest BCUT2D eigenvalue weighted by atomic mass is 35.5. The molecule has 0 spiro atoms. The first-order chi connectivity index (χ1) is 7.56. The van der Waals surface area contributed by atoms with Gasteiger partial charge in [0.15, 0.2) is 0 Å². The first-order valence-corrected chi connectivity index (χ1v) is 6.05. The first-order valence-electron chi connectivity index (χ1n) is 5.67. The molecule has 0 bridgehead atoms. The molecule has 2 nitrogen and oxygen atoms in total. The summed E-state index contributed by atoms with van der Waals surface area (Å²) in [6.45, 7) is 5.80. The van der Waals surface area contributed by atoms with Crippen LogP contribution in [0, 0.1) is 5.41 Å². The second-order valence-electron chi connectivity index (χ2n) is 5.04. The van der Waals surface area contributed by atoms with Crippen molar-refractivity contribution in [1.82, 2.24) is 0 Å². The number of hydrogen-bond donors (Lipinski definition) is 1. The molecule has 1 unspecified atom stereocenters. The molecule has 0 saturated heterocycles. The smallest absolute Gasteiger partial charge is 0.141 e. The summed E-state index contributed by atoms with van der Waals surface area (Å²) in [5.74, 6) is 1.28. The van der Waals surface area contributed by atoms with Gasteiger partial charge in [0.25, 0.3) is 0 Å². The Kier molecular flexibility index (Phi) is 3.13. The standard InChI is InChI=1S/C13H18ClNO/c1-13(2,8-15)10-6-7-16-12-9(10)4-3-5-11(12)14/h3-5,10H,6-8,15H2,1-2H3. The summed E-state index contributed by atoms with van der Waals surface area (Å²) >= 11 is 6.14. The molecule has 0 saturated carbocycles. The van der Waals surface area contributed by atoms with Crippen LogP contribution in [0.3, 0.4) is 0 Å².